The Morgan fingerprint density at radius 2 is 1.90 bits per heavy atom. The highest BCUT2D eigenvalue weighted by atomic mass is 16.1. The van der Waals surface area contributed by atoms with Gasteiger partial charge in [0.15, 0.2) is 5.78 Å². The first-order chi connectivity index (χ1) is 10.3. The summed E-state index contributed by atoms with van der Waals surface area (Å²) in [5, 5.41) is 4.21. The topological polar surface area (TPSA) is 47.8 Å². The van der Waals surface area contributed by atoms with Gasteiger partial charge < -0.3 is 0 Å². The van der Waals surface area contributed by atoms with Crippen LogP contribution in [0.1, 0.15) is 15.9 Å². The molecule has 1 aromatic carbocycles. The lowest BCUT2D eigenvalue weighted by Gasteiger charge is -1.98. The highest BCUT2D eigenvalue weighted by molar-refractivity contribution is 6.06. The third-order valence-corrected chi connectivity index (χ3v) is 3.00. The zero-order chi connectivity index (χ0) is 14.5. The van der Waals surface area contributed by atoms with Crippen molar-refractivity contribution in [2.24, 2.45) is 0 Å². The number of hydrogen-bond acceptors (Lipinski definition) is 3. The number of allylic oxidation sites excluding steroid dienone is 1. The van der Waals surface area contributed by atoms with Crippen LogP contribution in [0, 0.1) is 0 Å². The van der Waals surface area contributed by atoms with Crippen LogP contribution in [0.5, 0.6) is 0 Å². The highest BCUT2D eigenvalue weighted by Gasteiger charge is 2.06. The summed E-state index contributed by atoms with van der Waals surface area (Å²) in [6, 6.07) is 13.4. The number of nitrogens with zero attached hydrogens (tertiary/aromatic N) is 3. The summed E-state index contributed by atoms with van der Waals surface area (Å²) in [5.41, 5.74) is 2.37. The summed E-state index contributed by atoms with van der Waals surface area (Å²) in [6.45, 7) is 0. The van der Waals surface area contributed by atoms with Gasteiger partial charge >= 0.3 is 0 Å². The van der Waals surface area contributed by atoms with Crippen molar-refractivity contribution in [3.05, 3.63) is 84.5 Å². The average Bonchev–Trinajstić information content (AvgIpc) is 3.04. The van der Waals surface area contributed by atoms with Gasteiger partial charge in [0.1, 0.15) is 0 Å². The van der Waals surface area contributed by atoms with E-state index in [1.807, 2.05) is 42.5 Å². The van der Waals surface area contributed by atoms with Crippen molar-refractivity contribution < 1.29 is 4.79 Å². The summed E-state index contributed by atoms with van der Waals surface area (Å²) < 4.78 is 1.69. The molecule has 4 nitrogen and oxygen atoms in total. The zero-order valence-corrected chi connectivity index (χ0v) is 11.3. The van der Waals surface area contributed by atoms with E-state index in [1.165, 1.54) is 6.08 Å². The van der Waals surface area contributed by atoms with Gasteiger partial charge in [-0.2, -0.15) is 5.10 Å². The van der Waals surface area contributed by atoms with E-state index in [-0.39, 0.29) is 5.78 Å². The normalized spacial score (nSPS) is 10.9. The maximum absolute atomic E-state index is 12.1. The lowest BCUT2D eigenvalue weighted by atomic mass is 10.2. The molecule has 3 aromatic rings. The monoisotopic (exact) mass is 275 g/mol. The molecule has 3 rings (SSSR count). The van der Waals surface area contributed by atoms with E-state index < -0.39 is 0 Å². The number of carbonyl (C=O) groups is 1. The molecular formula is C17H13N3O. The van der Waals surface area contributed by atoms with Gasteiger partial charge in [0, 0.05) is 18.6 Å². The molecule has 0 atom stereocenters. The van der Waals surface area contributed by atoms with Crippen molar-refractivity contribution in [2.75, 3.05) is 0 Å². The first kappa shape index (κ1) is 13.0. The molecule has 4 heteroatoms. The van der Waals surface area contributed by atoms with Gasteiger partial charge in [-0.1, -0.05) is 24.3 Å². The number of carbonyl (C=O) groups excluding carboxylic acids is 1. The molecule has 0 aliphatic carbocycles. The molecule has 0 fully saturated rings. The summed E-state index contributed by atoms with van der Waals surface area (Å²) in [5.74, 6) is -0.0824. The summed E-state index contributed by atoms with van der Waals surface area (Å²) in [4.78, 5) is 16.1. The molecule has 102 valence electrons. The zero-order valence-electron chi connectivity index (χ0n) is 11.3. The van der Waals surface area contributed by atoms with Crippen LogP contribution in [0.25, 0.3) is 11.8 Å². The molecule has 0 unspecified atom stereocenters. The predicted molar refractivity (Wildman–Crippen MR) is 81.2 cm³/mol. The van der Waals surface area contributed by atoms with Crippen molar-refractivity contribution in [2.45, 2.75) is 0 Å². The first-order valence-corrected chi connectivity index (χ1v) is 6.55. The molecule has 2 aromatic heterocycles. The number of hydrogen-bond donors (Lipinski definition) is 0. The Morgan fingerprint density at radius 3 is 2.67 bits per heavy atom. The van der Waals surface area contributed by atoms with Crippen LogP contribution in [-0.4, -0.2) is 20.5 Å². The second kappa shape index (κ2) is 5.96. The SMILES string of the molecule is O=C(C=Cc1cccnc1)c1cnn(-c2ccccc2)c1. The fourth-order valence-corrected chi connectivity index (χ4v) is 1.91. The van der Waals surface area contributed by atoms with E-state index in [1.54, 1.807) is 35.5 Å². The highest BCUT2D eigenvalue weighted by Crippen LogP contribution is 2.09. The predicted octanol–water partition coefficient (Wildman–Crippen LogP) is 3.16. The van der Waals surface area contributed by atoms with Crippen molar-refractivity contribution in [1.29, 1.82) is 0 Å². The molecule has 21 heavy (non-hydrogen) atoms. The Kier molecular flexibility index (Phi) is 3.69. The number of benzene rings is 1. The Hall–Kier alpha value is -3.01. The fourth-order valence-electron chi connectivity index (χ4n) is 1.91. The van der Waals surface area contributed by atoms with E-state index in [0.717, 1.165) is 11.3 Å². The van der Waals surface area contributed by atoms with Gasteiger partial charge in [-0.05, 0) is 35.9 Å². The average molecular weight is 275 g/mol. The third-order valence-electron chi connectivity index (χ3n) is 3.00. The van der Waals surface area contributed by atoms with E-state index in [4.69, 9.17) is 0 Å². The lowest BCUT2D eigenvalue weighted by molar-refractivity contribution is 0.104. The van der Waals surface area contributed by atoms with Crippen molar-refractivity contribution in [3.8, 4) is 5.69 Å². The Morgan fingerprint density at radius 1 is 1.05 bits per heavy atom. The molecule has 0 radical (unpaired) electrons. The minimum absolute atomic E-state index is 0.0824. The standard InChI is InChI=1S/C17H13N3O/c21-17(9-8-14-5-4-10-18-11-14)15-12-19-20(13-15)16-6-2-1-3-7-16/h1-13H. The largest absolute Gasteiger partial charge is 0.289 e. The minimum atomic E-state index is -0.0824. The Bertz CT molecular complexity index is 761. The molecule has 0 amide bonds. The quantitative estimate of drug-likeness (QED) is 0.543. The molecule has 0 saturated carbocycles. The van der Waals surface area contributed by atoms with Crippen molar-refractivity contribution >= 4 is 11.9 Å². The summed E-state index contributed by atoms with van der Waals surface area (Å²) in [6.07, 6.45) is 9.98. The van der Waals surface area contributed by atoms with Crippen LogP contribution < -0.4 is 0 Å². The Balaban J connectivity index is 1.77. The van der Waals surface area contributed by atoms with E-state index in [2.05, 4.69) is 10.1 Å². The second-order valence-corrected chi connectivity index (χ2v) is 4.49. The van der Waals surface area contributed by atoms with Gasteiger partial charge in [-0.15, -0.1) is 0 Å². The Labute approximate surface area is 122 Å². The van der Waals surface area contributed by atoms with E-state index >= 15 is 0 Å². The number of rotatable bonds is 4. The van der Waals surface area contributed by atoms with Crippen LogP contribution >= 0.6 is 0 Å². The molecule has 2 heterocycles. The third kappa shape index (κ3) is 3.12. The molecule has 0 spiro atoms. The maximum atomic E-state index is 12.1. The number of aromatic nitrogens is 3. The molecule has 0 aliphatic rings. The molecule has 0 saturated heterocycles. The smallest absolute Gasteiger partial charge is 0.189 e. The second-order valence-electron chi connectivity index (χ2n) is 4.49. The van der Waals surface area contributed by atoms with Gasteiger partial charge in [0.05, 0.1) is 17.4 Å². The van der Waals surface area contributed by atoms with Crippen LogP contribution in [0.2, 0.25) is 0 Å². The van der Waals surface area contributed by atoms with E-state index in [9.17, 15) is 4.79 Å². The lowest BCUT2D eigenvalue weighted by Crippen LogP contribution is -1.94. The maximum Gasteiger partial charge on any atom is 0.189 e. The van der Waals surface area contributed by atoms with E-state index in [0.29, 0.717) is 5.56 Å². The summed E-state index contributed by atoms with van der Waals surface area (Å²) >= 11 is 0. The number of para-hydroxylation sites is 1. The van der Waals surface area contributed by atoms with Crippen LogP contribution in [-0.2, 0) is 0 Å². The first-order valence-electron chi connectivity index (χ1n) is 6.55. The molecular weight excluding hydrogens is 262 g/mol. The van der Waals surface area contributed by atoms with Gasteiger partial charge in [0.25, 0.3) is 0 Å². The molecule has 0 bridgehead atoms. The minimum Gasteiger partial charge on any atom is -0.289 e. The van der Waals surface area contributed by atoms with Crippen molar-refractivity contribution in [3.63, 3.8) is 0 Å². The summed E-state index contributed by atoms with van der Waals surface area (Å²) in [7, 11) is 0. The molecule has 0 aliphatic heterocycles. The van der Waals surface area contributed by atoms with Gasteiger partial charge in [-0.3, -0.25) is 9.78 Å². The number of pyridine rings is 1. The van der Waals surface area contributed by atoms with Crippen LogP contribution in [0.15, 0.2) is 73.3 Å². The molecule has 0 N–H and O–H groups in total. The van der Waals surface area contributed by atoms with Gasteiger partial charge in [0.2, 0.25) is 0 Å². The fraction of sp³-hybridized carbons (Fsp3) is 0. The number of ketones is 1. The van der Waals surface area contributed by atoms with Crippen molar-refractivity contribution in [1.82, 2.24) is 14.8 Å². The van der Waals surface area contributed by atoms with Crippen LogP contribution in [0.3, 0.4) is 0 Å². The van der Waals surface area contributed by atoms with Crippen LogP contribution in [0.4, 0.5) is 0 Å². The van der Waals surface area contributed by atoms with Gasteiger partial charge in [-0.25, -0.2) is 4.68 Å².